The van der Waals surface area contributed by atoms with E-state index in [1.54, 1.807) is 62.4 Å². The summed E-state index contributed by atoms with van der Waals surface area (Å²) in [5.41, 5.74) is -0.0863. The van der Waals surface area contributed by atoms with Crippen LogP contribution in [0.3, 0.4) is 0 Å². The van der Waals surface area contributed by atoms with E-state index in [2.05, 4.69) is 5.32 Å². The molecule has 2 aromatic rings. The van der Waals surface area contributed by atoms with Crippen molar-refractivity contribution in [2.45, 2.75) is 32.4 Å². The maximum atomic E-state index is 13.1. The van der Waals surface area contributed by atoms with Gasteiger partial charge in [0.05, 0.1) is 11.4 Å². The first-order valence-corrected chi connectivity index (χ1v) is 9.40. The van der Waals surface area contributed by atoms with E-state index in [4.69, 9.17) is 21.1 Å². The summed E-state index contributed by atoms with van der Waals surface area (Å²) in [4.78, 5) is 39.1. The SMILES string of the molecule is C[C@@H](OC(=O)COc1cccc(Cl)c1)C(=O)N1c2ccccc2NC(=O)C1(C)C. The molecule has 2 amide bonds. The molecule has 1 atom stereocenters. The Morgan fingerprint density at radius 3 is 2.62 bits per heavy atom. The van der Waals surface area contributed by atoms with E-state index in [0.717, 1.165) is 0 Å². The van der Waals surface area contributed by atoms with Crippen LogP contribution in [0.4, 0.5) is 11.4 Å². The van der Waals surface area contributed by atoms with E-state index in [0.29, 0.717) is 22.1 Å². The maximum absolute atomic E-state index is 13.1. The van der Waals surface area contributed by atoms with Crippen molar-refractivity contribution in [1.29, 1.82) is 0 Å². The van der Waals surface area contributed by atoms with Crippen LogP contribution in [0, 0.1) is 0 Å². The first-order chi connectivity index (χ1) is 13.7. The van der Waals surface area contributed by atoms with E-state index in [1.807, 2.05) is 0 Å². The fourth-order valence-corrected chi connectivity index (χ4v) is 3.19. The standard InChI is InChI=1S/C21H21ClN2O5/c1-13(29-18(25)12-28-15-8-6-7-14(22)11-15)19(26)24-17-10-5-4-9-16(17)23-20(27)21(24,2)3/h4-11,13H,12H2,1-3H3,(H,23,27)/t13-/m1/s1. The van der Waals surface area contributed by atoms with Crippen LogP contribution in [-0.4, -0.2) is 36.0 Å². The van der Waals surface area contributed by atoms with Crippen LogP contribution in [-0.2, 0) is 19.1 Å². The Hall–Kier alpha value is -3.06. The van der Waals surface area contributed by atoms with Crippen molar-refractivity contribution >= 4 is 40.8 Å². The highest BCUT2D eigenvalue weighted by Crippen LogP contribution is 2.37. The number of hydrogen-bond acceptors (Lipinski definition) is 5. The highest BCUT2D eigenvalue weighted by molar-refractivity contribution is 6.30. The van der Waals surface area contributed by atoms with E-state index < -0.39 is 23.5 Å². The van der Waals surface area contributed by atoms with Gasteiger partial charge < -0.3 is 14.8 Å². The third-order valence-electron chi connectivity index (χ3n) is 4.54. The van der Waals surface area contributed by atoms with Crippen molar-refractivity contribution in [1.82, 2.24) is 0 Å². The van der Waals surface area contributed by atoms with Gasteiger partial charge in [0, 0.05) is 5.02 Å². The molecule has 1 aliphatic heterocycles. The Labute approximate surface area is 173 Å². The third kappa shape index (κ3) is 4.35. The Morgan fingerprint density at radius 2 is 1.90 bits per heavy atom. The number of para-hydroxylation sites is 2. The molecule has 0 aliphatic carbocycles. The molecule has 1 N–H and O–H groups in total. The second kappa shape index (κ2) is 8.13. The van der Waals surface area contributed by atoms with Crippen molar-refractivity contribution in [2.24, 2.45) is 0 Å². The van der Waals surface area contributed by atoms with Gasteiger partial charge in [0.25, 0.3) is 5.91 Å². The largest absolute Gasteiger partial charge is 0.482 e. The second-order valence-electron chi connectivity index (χ2n) is 7.08. The van der Waals surface area contributed by atoms with Crippen LogP contribution in [0.5, 0.6) is 5.75 Å². The number of fused-ring (bicyclic) bond motifs is 1. The van der Waals surface area contributed by atoms with Gasteiger partial charge in [-0.1, -0.05) is 29.8 Å². The summed E-state index contributed by atoms with van der Waals surface area (Å²) in [6, 6.07) is 13.6. The van der Waals surface area contributed by atoms with E-state index in [9.17, 15) is 14.4 Å². The fraction of sp³-hybridized carbons (Fsp3) is 0.286. The molecule has 1 aliphatic rings. The van der Waals surface area contributed by atoms with Crippen LogP contribution in [0.15, 0.2) is 48.5 Å². The van der Waals surface area contributed by atoms with Gasteiger partial charge in [-0.3, -0.25) is 14.5 Å². The number of benzene rings is 2. The lowest BCUT2D eigenvalue weighted by Gasteiger charge is -2.42. The van der Waals surface area contributed by atoms with Crippen molar-refractivity contribution in [3.63, 3.8) is 0 Å². The predicted octanol–water partition coefficient (Wildman–Crippen LogP) is 3.41. The summed E-state index contributed by atoms with van der Waals surface area (Å²) < 4.78 is 10.6. The number of esters is 1. The van der Waals surface area contributed by atoms with Crippen LogP contribution < -0.4 is 15.0 Å². The maximum Gasteiger partial charge on any atom is 0.344 e. The summed E-state index contributed by atoms with van der Waals surface area (Å²) in [5.74, 6) is -1.13. The molecule has 152 valence electrons. The number of halogens is 1. The van der Waals surface area contributed by atoms with Gasteiger partial charge in [-0.15, -0.1) is 0 Å². The molecule has 0 spiro atoms. The summed E-state index contributed by atoms with van der Waals surface area (Å²) in [7, 11) is 0. The monoisotopic (exact) mass is 416 g/mol. The van der Waals surface area contributed by atoms with Gasteiger partial charge in [-0.2, -0.15) is 0 Å². The quantitative estimate of drug-likeness (QED) is 0.755. The first kappa shape index (κ1) is 20.7. The molecule has 2 aromatic carbocycles. The van der Waals surface area contributed by atoms with E-state index in [1.165, 1.54) is 11.8 Å². The van der Waals surface area contributed by atoms with Crippen LogP contribution >= 0.6 is 11.6 Å². The van der Waals surface area contributed by atoms with Crippen molar-refractivity contribution in [3.05, 3.63) is 53.6 Å². The lowest BCUT2D eigenvalue weighted by atomic mass is 9.95. The number of amides is 2. The Bertz CT molecular complexity index is 960. The second-order valence-corrected chi connectivity index (χ2v) is 7.52. The van der Waals surface area contributed by atoms with E-state index >= 15 is 0 Å². The summed E-state index contributed by atoms with van der Waals surface area (Å²) >= 11 is 5.87. The minimum absolute atomic E-state index is 0.327. The average Bonchev–Trinajstić information content (AvgIpc) is 2.67. The highest BCUT2D eigenvalue weighted by Gasteiger charge is 2.45. The zero-order valence-electron chi connectivity index (χ0n) is 16.3. The molecule has 7 nitrogen and oxygen atoms in total. The van der Waals surface area contributed by atoms with Gasteiger partial charge in [0.2, 0.25) is 5.91 Å². The van der Waals surface area contributed by atoms with Crippen molar-refractivity contribution < 1.29 is 23.9 Å². The zero-order valence-corrected chi connectivity index (χ0v) is 17.0. The predicted molar refractivity (Wildman–Crippen MR) is 109 cm³/mol. The molecule has 8 heteroatoms. The number of anilines is 2. The number of hydrogen-bond donors (Lipinski definition) is 1. The number of nitrogens with zero attached hydrogens (tertiary/aromatic N) is 1. The molecule has 0 radical (unpaired) electrons. The molecule has 0 aromatic heterocycles. The fourth-order valence-electron chi connectivity index (χ4n) is 3.01. The Kier molecular flexibility index (Phi) is 5.79. The molecule has 0 saturated carbocycles. The number of rotatable bonds is 5. The van der Waals surface area contributed by atoms with E-state index in [-0.39, 0.29) is 12.5 Å². The Balaban J connectivity index is 1.70. The Morgan fingerprint density at radius 1 is 1.17 bits per heavy atom. The minimum atomic E-state index is -1.15. The molecule has 0 saturated heterocycles. The molecule has 0 bridgehead atoms. The van der Waals surface area contributed by atoms with Gasteiger partial charge in [0.15, 0.2) is 12.7 Å². The van der Waals surface area contributed by atoms with Gasteiger partial charge in [0.1, 0.15) is 11.3 Å². The minimum Gasteiger partial charge on any atom is -0.482 e. The molecular formula is C21H21ClN2O5. The topological polar surface area (TPSA) is 84.9 Å². The molecule has 3 rings (SSSR count). The smallest absolute Gasteiger partial charge is 0.344 e. The first-order valence-electron chi connectivity index (χ1n) is 9.02. The van der Waals surface area contributed by atoms with Crippen LogP contribution in [0.25, 0.3) is 0 Å². The van der Waals surface area contributed by atoms with Crippen molar-refractivity contribution in [3.8, 4) is 5.75 Å². The molecule has 1 heterocycles. The third-order valence-corrected chi connectivity index (χ3v) is 4.77. The van der Waals surface area contributed by atoms with Gasteiger partial charge in [-0.05, 0) is 51.1 Å². The lowest BCUT2D eigenvalue weighted by molar-refractivity contribution is -0.156. The number of carbonyl (C=O) groups excluding carboxylic acids is 3. The normalized spacial score (nSPS) is 15.7. The summed E-state index contributed by atoms with van der Waals surface area (Å²) in [5, 5.41) is 3.26. The van der Waals surface area contributed by atoms with Crippen LogP contribution in [0.1, 0.15) is 20.8 Å². The van der Waals surface area contributed by atoms with Crippen LogP contribution in [0.2, 0.25) is 5.02 Å². The number of carbonyl (C=O) groups is 3. The van der Waals surface area contributed by atoms with Crippen molar-refractivity contribution in [2.75, 3.05) is 16.8 Å². The average molecular weight is 417 g/mol. The molecular weight excluding hydrogens is 396 g/mol. The number of nitrogens with one attached hydrogen (secondary N) is 1. The van der Waals surface area contributed by atoms with Gasteiger partial charge >= 0.3 is 5.97 Å². The molecule has 29 heavy (non-hydrogen) atoms. The molecule has 0 unspecified atom stereocenters. The molecule has 0 fully saturated rings. The summed E-state index contributed by atoms with van der Waals surface area (Å²) in [6.07, 6.45) is -1.11. The van der Waals surface area contributed by atoms with Gasteiger partial charge in [-0.25, -0.2) is 4.79 Å². The zero-order chi connectivity index (χ0) is 21.2. The lowest BCUT2D eigenvalue weighted by Crippen LogP contribution is -2.60. The number of ether oxygens (including phenoxy) is 2. The highest BCUT2D eigenvalue weighted by atomic mass is 35.5. The summed E-state index contributed by atoms with van der Waals surface area (Å²) in [6.45, 7) is 4.35.